The molecule has 1 amide bonds. The molecule has 0 spiro atoms. The van der Waals surface area contributed by atoms with Gasteiger partial charge in [-0.15, -0.1) is 0 Å². The standard InChI is InChI=1S/C18H25FN2O5S/c1-4-26-18(23)14-8-10-20(11-9-14)17(22)13(2)21(27(3,24)25)16-7-5-6-15(19)12-16/h5-7,12-14H,4,8-11H2,1-3H3. The van der Waals surface area contributed by atoms with E-state index in [0.717, 1.165) is 16.6 Å². The van der Waals surface area contributed by atoms with Crippen LogP contribution in [0, 0.1) is 11.7 Å². The van der Waals surface area contributed by atoms with E-state index >= 15 is 0 Å². The number of likely N-dealkylation sites (tertiary alicyclic amines) is 1. The van der Waals surface area contributed by atoms with Crippen LogP contribution in [0.4, 0.5) is 10.1 Å². The lowest BCUT2D eigenvalue weighted by Crippen LogP contribution is -2.51. The lowest BCUT2D eigenvalue weighted by molar-refractivity contribution is -0.151. The molecule has 0 bridgehead atoms. The second-order valence-electron chi connectivity index (χ2n) is 6.57. The molecule has 1 aromatic carbocycles. The quantitative estimate of drug-likeness (QED) is 0.680. The Bertz CT molecular complexity index is 791. The molecule has 1 aliphatic rings. The number of ether oxygens (including phenoxy) is 1. The Morgan fingerprint density at radius 3 is 2.48 bits per heavy atom. The monoisotopic (exact) mass is 400 g/mol. The fraction of sp³-hybridized carbons (Fsp3) is 0.556. The van der Waals surface area contributed by atoms with E-state index < -0.39 is 21.9 Å². The van der Waals surface area contributed by atoms with Gasteiger partial charge in [-0.3, -0.25) is 13.9 Å². The van der Waals surface area contributed by atoms with Crippen LogP contribution >= 0.6 is 0 Å². The largest absolute Gasteiger partial charge is 0.466 e. The van der Waals surface area contributed by atoms with Gasteiger partial charge in [0.15, 0.2) is 0 Å². The summed E-state index contributed by atoms with van der Waals surface area (Å²) in [4.78, 5) is 26.2. The third-order valence-electron chi connectivity index (χ3n) is 4.56. The Kier molecular flexibility index (Phi) is 6.80. The highest BCUT2D eigenvalue weighted by Gasteiger charge is 2.35. The minimum Gasteiger partial charge on any atom is -0.466 e. The second-order valence-corrected chi connectivity index (χ2v) is 8.43. The molecular formula is C18H25FN2O5S. The van der Waals surface area contributed by atoms with Gasteiger partial charge in [-0.1, -0.05) is 6.07 Å². The van der Waals surface area contributed by atoms with Gasteiger partial charge in [0, 0.05) is 13.1 Å². The minimum absolute atomic E-state index is 0.0970. The molecule has 1 fully saturated rings. The summed E-state index contributed by atoms with van der Waals surface area (Å²) in [5, 5.41) is 0. The van der Waals surface area contributed by atoms with Crippen molar-refractivity contribution in [1.82, 2.24) is 4.90 Å². The van der Waals surface area contributed by atoms with Crippen LogP contribution in [0.15, 0.2) is 24.3 Å². The zero-order chi connectivity index (χ0) is 20.2. The molecule has 27 heavy (non-hydrogen) atoms. The summed E-state index contributed by atoms with van der Waals surface area (Å²) in [6.45, 7) is 4.21. The van der Waals surface area contributed by atoms with E-state index in [1.54, 1.807) is 6.92 Å². The van der Waals surface area contributed by atoms with E-state index in [2.05, 4.69) is 0 Å². The Labute approximate surface area is 159 Å². The Balaban J connectivity index is 2.13. The Hall–Kier alpha value is -2.16. The molecule has 1 aliphatic heterocycles. The number of halogens is 1. The summed E-state index contributed by atoms with van der Waals surface area (Å²) in [5.41, 5.74) is 0.0970. The number of amides is 1. The molecule has 2 rings (SSSR count). The third-order valence-corrected chi connectivity index (χ3v) is 5.80. The molecule has 0 radical (unpaired) electrons. The first-order valence-corrected chi connectivity index (χ1v) is 10.7. The number of hydrogen-bond acceptors (Lipinski definition) is 5. The van der Waals surface area contributed by atoms with Gasteiger partial charge in [-0.25, -0.2) is 12.8 Å². The number of benzene rings is 1. The van der Waals surface area contributed by atoms with E-state index in [9.17, 15) is 22.4 Å². The van der Waals surface area contributed by atoms with Crippen molar-refractivity contribution in [2.75, 3.05) is 30.3 Å². The van der Waals surface area contributed by atoms with Crippen molar-refractivity contribution in [2.45, 2.75) is 32.7 Å². The molecule has 1 heterocycles. The molecule has 0 aliphatic carbocycles. The number of anilines is 1. The van der Waals surface area contributed by atoms with Crippen LogP contribution in [0.5, 0.6) is 0 Å². The lowest BCUT2D eigenvalue weighted by Gasteiger charge is -2.36. The molecule has 150 valence electrons. The van der Waals surface area contributed by atoms with Crippen LogP contribution in [-0.4, -0.2) is 57.2 Å². The number of nitrogens with zero attached hydrogens (tertiary/aromatic N) is 2. The average molecular weight is 400 g/mol. The Morgan fingerprint density at radius 1 is 1.33 bits per heavy atom. The van der Waals surface area contributed by atoms with Gasteiger partial charge in [0.1, 0.15) is 11.9 Å². The summed E-state index contributed by atoms with van der Waals surface area (Å²) >= 11 is 0. The predicted molar refractivity (Wildman–Crippen MR) is 99.1 cm³/mol. The molecular weight excluding hydrogens is 375 g/mol. The highest BCUT2D eigenvalue weighted by Crippen LogP contribution is 2.25. The lowest BCUT2D eigenvalue weighted by atomic mass is 9.96. The number of esters is 1. The summed E-state index contributed by atoms with van der Waals surface area (Å²) in [6.07, 6.45) is 1.92. The maximum absolute atomic E-state index is 13.6. The number of piperidine rings is 1. The number of rotatable bonds is 6. The van der Waals surface area contributed by atoms with Crippen LogP contribution in [0.3, 0.4) is 0 Å². The number of carbonyl (C=O) groups is 2. The summed E-state index contributed by atoms with van der Waals surface area (Å²) in [5.74, 6) is -1.49. The summed E-state index contributed by atoms with van der Waals surface area (Å²) in [7, 11) is -3.80. The molecule has 0 N–H and O–H groups in total. The SMILES string of the molecule is CCOC(=O)C1CCN(C(=O)C(C)N(c2cccc(F)c2)S(C)(=O)=O)CC1. The molecule has 1 unspecified atom stereocenters. The zero-order valence-corrected chi connectivity index (χ0v) is 16.5. The predicted octanol–water partition coefficient (Wildman–Crippen LogP) is 1.78. The number of sulfonamides is 1. The van der Waals surface area contributed by atoms with Crippen molar-refractivity contribution < 1.29 is 27.1 Å². The first kappa shape index (κ1) is 21.1. The van der Waals surface area contributed by atoms with Crippen LogP contribution in [0.2, 0.25) is 0 Å². The summed E-state index contributed by atoms with van der Waals surface area (Å²) in [6, 6.07) is 4.10. The molecule has 0 saturated carbocycles. The molecule has 1 aromatic rings. The maximum Gasteiger partial charge on any atom is 0.309 e. The highest BCUT2D eigenvalue weighted by molar-refractivity contribution is 7.92. The van der Waals surface area contributed by atoms with Crippen LogP contribution in [0.1, 0.15) is 26.7 Å². The van der Waals surface area contributed by atoms with Crippen LogP contribution < -0.4 is 4.31 Å². The fourth-order valence-electron chi connectivity index (χ4n) is 3.28. The van der Waals surface area contributed by atoms with Crippen molar-refractivity contribution in [1.29, 1.82) is 0 Å². The number of hydrogen-bond donors (Lipinski definition) is 0. The van der Waals surface area contributed by atoms with E-state index in [0.29, 0.717) is 32.5 Å². The minimum atomic E-state index is -3.80. The van der Waals surface area contributed by atoms with Crippen molar-refractivity contribution in [2.24, 2.45) is 5.92 Å². The highest BCUT2D eigenvalue weighted by atomic mass is 32.2. The first-order chi connectivity index (χ1) is 12.6. The smallest absolute Gasteiger partial charge is 0.309 e. The van der Waals surface area contributed by atoms with Crippen molar-refractivity contribution in [3.05, 3.63) is 30.1 Å². The van der Waals surface area contributed by atoms with Gasteiger partial charge in [-0.05, 0) is 44.9 Å². The fourth-order valence-corrected chi connectivity index (χ4v) is 4.44. The maximum atomic E-state index is 13.6. The Morgan fingerprint density at radius 2 is 1.96 bits per heavy atom. The zero-order valence-electron chi connectivity index (χ0n) is 15.7. The van der Waals surface area contributed by atoms with E-state index in [1.807, 2.05) is 0 Å². The van der Waals surface area contributed by atoms with Crippen molar-refractivity contribution >= 4 is 27.6 Å². The van der Waals surface area contributed by atoms with E-state index in [1.165, 1.54) is 30.0 Å². The van der Waals surface area contributed by atoms with Crippen LogP contribution in [0.25, 0.3) is 0 Å². The summed E-state index contributed by atoms with van der Waals surface area (Å²) < 4.78 is 44.0. The molecule has 1 saturated heterocycles. The molecule has 1 atom stereocenters. The molecule has 0 aromatic heterocycles. The third kappa shape index (κ3) is 5.18. The first-order valence-electron chi connectivity index (χ1n) is 8.85. The van der Waals surface area contributed by atoms with Gasteiger partial charge in [0.25, 0.3) is 0 Å². The second kappa shape index (κ2) is 8.69. The molecule has 9 heteroatoms. The number of carbonyl (C=O) groups excluding carboxylic acids is 2. The normalized spacial score (nSPS) is 16.7. The van der Waals surface area contributed by atoms with Gasteiger partial charge in [-0.2, -0.15) is 0 Å². The van der Waals surface area contributed by atoms with Gasteiger partial charge in [0.05, 0.1) is 24.5 Å². The average Bonchev–Trinajstić information content (AvgIpc) is 2.60. The van der Waals surface area contributed by atoms with Gasteiger partial charge < -0.3 is 9.64 Å². The van der Waals surface area contributed by atoms with E-state index in [-0.39, 0.29) is 23.5 Å². The van der Waals surface area contributed by atoms with Crippen LogP contribution in [-0.2, 0) is 24.3 Å². The van der Waals surface area contributed by atoms with Crippen molar-refractivity contribution in [3.63, 3.8) is 0 Å². The van der Waals surface area contributed by atoms with E-state index in [4.69, 9.17) is 4.74 Å². The van der Waals surface area contributed by atoms with Crippen molar-refractivity contribution in [3.8, 4) is 0 Å². The molecule has 7 nitrogen and oxygen atoms in total. The van der Waals surface area contributed by atoms with Gasteiger partial charge in [0.2, 0.25) is 15.9 Å². The topological polar surface area (TPSA) is 84.0 Å². The van der Waals surface area contributed by atoms with Gasteiger partial charge >= 0.3 is 5.97 Å².